The highest BCUT2D eigenvalue weighted by Gasteiger charge is 2.09. The third-order valence-electron chi connectivity index (χ3n) is 3.57. The number of rotatable bonds is 4. The Morgan fingerprint density at radius 2 is 2.09 bits per heavy atom. The van der Waals surface area contributed by atoms with Crippen LogP contribution in [0.25, 0.3) is 10.9 Å². The summed E-state index contributed by atoms with van der Waals surface area (Å²) >= 11 is 0. The van der Waals surface area contributed by atoms with E-state index in [1.165, 1.54) is 7.11 Å². The van der Waals surface area contributed by atoms with E-state index < -0.39 is 0 Å². The summed E-state index contributed by atoms with van der Waals surface area (Å²) in [6.45, 7) is -0.158. The van der Waals surface area contributed by atoms with Crippen molar-refractivity contribution in [3.8, 4) is 5.75 Å². The second-order valence-electron chi connectivity index (χ2n) is 5.05. The molecule has 0 radical (unpaired) electrons. The van der Waals surface area contributed by atoms with Gasteiger partial charge in [0.1, 0.15) is 5.75 Å². The monoisotopic (exact) mass is 308 g/mol. The largest absolute Gasteiger partial charge is 0.496 e. The van der Waals surface area contributed by atoms with Gasteiger partial charge in [0.2, 0.25) is 0 Å². The summed E-state index contributed by atoms with van der Waals surface area (Å²) in [5, 5.41) is 13.1. The molecule has 0 bridgehead atoms. The highest BCUT2D eigenvalue weighted by atomic mass is 16.5. The summed E-state index contributed by atoms with van der Waals surface area (Å²) in [6, 6.07) is 14.2. The van der Waals surface area contributed by atoms with E-state index in [-0.39, 0.29) is 12.5 Å². The van der Waals surface area contributed by atoms with Gasteiger partial charge in [0.05, 0.1) is 19.2 Å². The maximum absolute atomic E-state index is 12.4. The molecule has 0 spiro atoms. The van der Waals surface area contributed by atoms with Crippen molar-refractivity contribution in [1.29, 1.82) is 0 Å². The molecule has 0 atom stereocenters. The summed E-state index contributed by atoms with van der Waals surface area (Å²) in [4.78, 5) is 16.6. The van der Waals surface area contributed by atoms with E-state index in [0.717, 1.165) is 10.9 Å². The zero-order valence-corrected chi connectivity index (χ0v) is 12.6. The van der Waals surface area contributed by atoms with Crippen molar-refractivity contribution in [2.24, 2.45) is 0 Å². The molecule has 0 aliphatic carbocycles. The van der Waals surface area contributed by atoms with Crippen LogP contribution in [-0.2, 0) is 6.61 Å². The molecular formula is C18H16N2O3. The SMILES string of the molecule is COc1ccc(NC(=O)c2ccc3ncccc3c2)cc1CO. The quantitative estimate of drug-likeness (QED) is 0.777. The molecule has 3 rings (SSSR count). The summed E-state index contributed by atoms with van der Waals surface area (Å²) in [6.07, 6.45) is 1.72. The summed E-state index contributed by atoms with van der Waals surface area (Å²) in [5.74, 6) is 0.368. The van der Waals surface area contributed by atoms with E-state index in [9.17, 15) is 9.90 Å². The Labute approximate surface area is 133 Å². The van der Waals surface area contributed by atoms with Crippen molar-refractivity contribution >= 4 is 22.5 Å². The number of methoxy groups -OCH3 is 1. The minimum Gasteiger partial charge on any atom is -0.496 e. The van der Waals surface area contributed by atoms with E-state index in [4.69, 9.17) is 4.74 Å². The van der Waals surface area contributed by atoms with Crippen LogP contribution in [0.5, 0.6) is 5.75 Å². The number of anilines is 1. The number of amides is 1. The number of carbonyl (C=O) groups excluding carboxylic acids is 1. The van der Waals surface area contributed by atoms with Crippen LogP contribution in [0.2, 0.25) is 0 Å². The number of aliphatic hydroxyl groups excluding tert-OH is 1. The Bertz CT molecular complexity index is 862. The zero-order chi connectivity index (χ0) is 16.2. The molecule has 2 aromatic carbocycles. The first-order valence-corrected chi connectivity index (χ1v) is 7.15. The van der Waals surface area contributed by atoms with Crippen molar-refractivity contribution in [3.05, 3.63) is 65.9 Å². The molecule has 0 saturated carbocycles. The fourth-order valence-corrected chi connectivity index (χ4v) is 2.40. The van der Waals surface area contributed by atoms with Gasteiger partial charge >= 0.3 is 0 Å². The normalized spacial score (nSPS) is 10.5. The first-order chi connectivity index (χ1) is 11.2. The predicted octanol–water partition coefficient (Wildman–Crippen LogP) is 2.99. The zero-order valence-electron chi connectivity index (χ0n) is 12.6. The lowest BCUT2D eigenvalue weighted by atomic mass is 10.1. The minimum absolute atomic E-state index is 0.158. The lowest BCUT2D eigenvalue weighted by Crippen LogP contribution is -2.12. The number of pyridine rings is 1. The predicted molar refractivity (Wildman–Crippen MR) is 88.6 cm³/mol. The van der Waals surface area contributed by atoms with Gasteiger partial charge in [-0.05, 0) is 42.5 Å². The van der Waals surface area contributed by atoms with E-state index in [0.29, 0.717) is 22.6 Å². The molecule has 5 heteroatoms. The van der Waals surface area contributed by atoms with Crippen LogP contribution in [0, 0.1) is 0 Å². The van der Waals surface area contributed by atoms with Gasteiger partial charge in [0.15, 0.2) is 0 Å². The number of nitrogens with one attached hydrogen (secondary N) is 1. The molecule has 23 heavy (non-hydrogen) atoms. The lowest BCUT2D eigenvalue weighted by molar-refractivity contribution is 0.102. The van der Waals surface area contributed by atoms with Gasteiger partial charge in [-0.25, -0.2) is 0 Å². The fourth-order valence-electron chi connectivity index (χ4n) is 2.40. The number of benzene rings is 2. The van der Waals surface area contributed by atoms with Crippen LogP contribution >= 0.6 is 0 Å². The van der Waals surface area contributed by atoms with Gasteiger partial charge in [-0.2, -0.15) is 0 Å². The van der Waals surface area contributed by atoms with Gasteiger partial charge in [-0.15, -0.1) is 0 Å². The van der Waals surface area contributed by atoms with E-state index in [2.05, 4.69) is 10.3 Å². The second-order valence-corrected chi connectivity index (χ2v) is 5.05. The van der Waals surface area contributed by atoms with Crippen LogP contribution in [0.1, 0.15) is 15.9 Å². The van der Waals surface area contributed by atoms with Crippen molar-refractivity contribution < 1.29 is 14.6 Å². The molecule has 3 aromatic rings. The molecule has 1 amide bonds. The highest BCUT2D eigenvalue weighted by Crippen LogP contribution is 2.23. The van der Waals surface area contributed by atoms with E-state index >= 15 is 0 Å². The first kappa shape index (κ1) is 15.0. The smallest absolute Gasteiger partial charge is 0.255 e. The maximum atomic E-state index is 12.4. The number of carbonyl (C=O) groups is 1. The Morgan fingerprint density at radius 3 is 2.87 bits per heavy atom. The molecule has 0 fully saturated rings. The average molecular weight is 308 g/mol. The van der Waals surface area contributed by atoms with Crippen LogP contribution < -0.4 is 10.1 Å². The standard InChI is InChI=1S/C18H16N2O3/c1-23-17-7-5-15(10-14(17)11-21)20-18(22)13-4-6-16-12(9-13)3-2-8-19-16/h2-10,21H,11H2,1H3,(H,20,22). The molecule has 2 N–H and O–H groups in total. The van der Waals surface area contributed by atoms with Crippen LogP contribution in [0.3, 0.4) is 0 Å². The van der Waals surface area contributed by atoms with Gasteiger partial charge in [0.25, 0.3) is 5.91 Å². The number of aromatic nitrogens is 1. The van der Waals surface area contributed by atoms with Crippen molar-refractivity contribution in [2.75, 3.05) is 12.4 Å². The Kier molecular flexibility index (Phi) is 4.21. The van der Waals surface area contributed by atoms with Crippen LogP contribution in [-0.4, -0.2) is 23.1 Å². The summed E-state index contributed by atoms with van der Waals surface area (Å²) in [5.41, 5.74) is 2.61. The molecule has 0 unspecified atom stereocenters. The Morgan fingerprint density at radius 1 is 1.22 bits per heavy atom. The van der Waals surface area contributed by atoms with E-state index in [1.807, 2.05) is 18.2 Å². The van der Waals surface area contributed by atoms with Gasteiger partial charge in [-0.1, -0.05) is 6.07 Å². The fraction of sp³-hybridized carbons (Fsp3) is 0.111. The lowest BCUT2D eigenvalue weighted by Gasteiger charge is -2.10. The van der Waals surface area contributed by atoms with Crippen molar-refractivity contribution in [2.45, 2.75) is 6.61 Å². The topological polar surface area (TPSA) is 71.5 Å². The molecule has 0 aliphatic rings. The minimum atomic E-state index is -0.218. The number of nitrogens with zero attached hydrogens (tertiary/aromatic N) is 1. The van der Waals surface area contributed by atoms with Crippen molar-refractivity contribution in [1.82, 2.24) is 4.98 Å². The van der Waals surface area contributed by atoms with Crippen LogP contribution in [0.15, 0.2) is 54.7 Å². The molecule has 116 valence electrons. The summed E-state index contributed by atoms with van der Waals surface area (Å²) < 4.78 is 5.15. The van der Waals surface area contributed by atoms with Crippen molar-refractivity contribution in [3.63, 3.8) is 0 Å². The third-order valence-corrected chi connectivity index (χ3v) is 3.57. The van der Waals surface area contributed by atoms with Crippen LogP contribution in [0.4, 0.5) is 5.69 Å². The van der Waals surface area contributed by atoms with Gasteiger partial charge < -0.3 is 15.2 Å². The Hall–Kier alpha value is -2.92. The molecule has 0 aliphatic heterocycles. The molecule has 5 nitrogen and oxygen atoms in total. The third kappa shape index (κ3) is 3.14. The average Bonchev–Trinajstić information content (AvgIpc) is 2.61. The number of aliphatic hydroxyl groups is 1. The van der Waals surface area contributed by atoms with E-state index in [1.54, 1.807) is 36.5 Å². The summed E-state index contributed by atoms with van der Waals surface area (Å²) in [7, 11) is 1.54. The first-order valence-electron chi connectivity index (χ1n) is 7.15. The van der Waals surface area contributed by atoms with Gasteiger partial charge in [0, 0.05) is 28.4 Å². The number of hydrogen-bond acceptors (Lipinski definition) is 4. The molecule has 0 saturated heterocycles. The Balaban J connectivity index is 1.85. The number of hydrogen-bond donors (Lipinski definition) is 2. The second kappa shape index (κ2) is 6.46. The van der Waals surface area contributed by atoms with Gasteiger partial charge in [-0.3, -0.25) is 9.78 Å². The molecular weight excluding hydrogens is 292 g/mol. The number of fused-ring (bicyclic) bond motifs is 1. The molecule has 1 heterocycles. The maximum Gasteiger partial charge on any atom is 0.255 e. The molecule has 1 aromatic heterocycles. The number of ether oxygens (including phenoxy) is 1. The highest BCUT2D eigenvalue weighted by molar-refractivity contribution is 6.06.